The van der Waals surface area contributed by atoms with E-state index in [0.29, 0.717) is 16.5 Å². The van der Waals surface area contributed by atoms with E-state index in [-0.39, 0.29) is 11.7 Å². The fourth-order valence-corrected chi connectivity index (χ4v) is 3.09. The summed E-state index contributed by atoms with van der Waals surface area (Å²) in [4.78, 5) is 17.2. The van der Waals surface area contributed by atoms with Gasteiger partial charge in [0.05, 0.1) is 5.69 Å². The molecule has 1 aromatic heterocycles. The number of para-hydroxylation sites is 2. The summed E-state index contributed by atoms with van der Waals surface area (Å²) >= 11 is 6.16. The summed E-state index contributed by atoms with van der Waals surface area (Å²) in [5, 5.41) is 7.91. The van der Waals surface area contributed by atoms with Crippen LogP contribution < -0.4 is 5.32 Å². The van der Waals surface area contributed by atoms with Gasteiger partial charge in [0.15, 0.2) is 5.82 Å². The van der Waals surface area contributed by atoms with E-state index in [2.05, 4.69) is 15.4 Å². The van der Waals surface area contributed by atoms with Crippen molar-refractivity contribution in [1.29, 1.82) is 0 Å². The lowest BCUT2D eigenvalue weighted by Crippen LogP contribution is -2.14. The first-order valence-corrected chi connectivity index (χ1v) is 9.15. The summed E-state index contributed by atoms with van der Waals surface area (Å²) < 4.78 is 1.68. The molecule has 5 nitrogen and oxygen atoms in total. The molecule has 0 aliphatic carbocycles. The van der Waals surface area contributed by atoms with E-state index >= 15 is 0 Å². The molecule has 0 unspecified atom stereocenters. The average Bonchev–Trinajstić information content (AvgIpc) is 3.14. The standard InChI is InChI=1S/C22H17ClN4O/c1-15-8-5-6-13-19(15)27-21(16-9-7-10-17(23)14-16)25-20(26-27)22(28)24-18-11-3-2-4-12-18/h2-14H,1H3,(H,24,28). The molecule has 138 valence electrons. The lowest BCUT2D eigenvalue weighted by atomic mass is 10.2. The van der Waals surface area contributed by atoms with Crippen molar-refractivity contribution in [3.8, 4) is 17.1 Å². The quantitative estimate of drug-likeness (QED) is 0.526. The third-order valence-corrected chi connectivity index (χ3v) is 4.50. The van der Waals surface area contributed by atoms with Crippen molar-refractivity contribution in [3.63, 3.8) is 0 Å². The minimum absolute atomic E-state index is 0.0853. The maximum absolute atomic E-state index is 12.7. The largest absolute Gasteiger partial charge is 0.319 e. The molecule has 0 saturated carbocycles. The van der Waals surface area contributed by atoms with Gasteiger partial charge in [0, 0.05) is 16.3 Å². The number of carbonyl (C=O) groups excluding carboxylic acids is 1. The molecule has 1 N–H and O–H groups in total. The molecule has 4 rings (SSSR count). The van der Waals surface area contributed by atoms with Gasteiger partial charge in [0.1, 0.15) is 0 Å². The van der Waals surface area contributed by atoms with E-state index in [1.54, 1.807) is 16.8 Å². The van der Waals surface area contributed by atoms with Crippen molar-refractivity contribution in [2.24, 2.45) is 0 Å². The van der Waals surface area contributed by atoms with Gasteiger partial charge in [-0.15, -0.1) is 5.10 Å². The van der Waals surface area contributed by atoms with Crippen LogP contribution in [0.3, 0.4) is 0 Å². The van der Waals surface area contributed by atoms with E-state index in [9.17, 15) is 4.79 Å². The van der Waals surface area contributed by atoms with Crippen LogP contribution in [0.15, 0.2) is 78.9 Å². The molecular formula is C22H17ClN4O. The molecule has 0 spiro atoms. The van der Waals surface area contributed by atoms with Crippen molar-refractivity contribution in [1.82, 2.24) is 14.8 Å². The normalized spacial score (nSPS) is 10.6. The number of hydrogen-bond donors (Lipinski definition) is 1. The molecular weight excluding hydrogens is 372 g/mol. The molecule has 0 aliphatic heterocycles. The molecule has 6 heteroatoms. The third-order valence-electron chi connectivity index (χ3n) is 4.27. The Bertz CT molecular complexity index is 1140. The second kappa shape index (κ2) is 7.66. The lowest BCUT2D eigenvalue weighted by Gasteiger charge is -2.08. The highest BCUT2D eigenvalue weighted by Gasteiger charge is 2.20. The zero-order valence-electron chi connectivity index (χ0n) is 15.1. The monoisotopic (exact) mass is 388 g/mol. The maximum atomic E-state index is 12.7. The summed E-state index contributed by atoms with van der Waals surface area (Å²) in [5.41, 5.74) is 3.33. The highest BCUT2D eigenvalue weighted by atomic mass is 35.5. The Morgan fingerprint density at radius 1 is 0.964 bits per heavy atom. The second-order valence-corrected chi connectivity index (χ2v) is 6.72. The van der Waals surface area contributed by atoms with Gasteiger partial charge in [-0.2, -0.15) is 0 Å². The van der Waals surface area contributed by atoms with Crippen LogP contribution in [0.1, 0.15) is 16.2 Å². The van der Waals surface area contributed by atoms with Crippen LogP contribution in [0.25, 0.3) is 17.1 Å². The summed E-state index contributed by atoms with van der Waals surface area (Å²) in [7, 11) is 0. The molecule has 0 atom stereocenters. The topological polar surface area (TPSA) is 59.8 Å². The number of carbonyl (C=O) groups is 1. The van der Waals surface area contributed by atoms with Crippen molar-refractivity contribution in [2.45, 2.75) is 6.92 Å². The van der Waals surface area contributed by atoms with E-state index in [4.69, 9.17) is 11.6 Å². The first kappa shape index (κ1) is 17.9. The Hall–Kier alpha value is -3.44. The van der Waals surface area contributed by atoms with Crippen molar-refractivity contribution in [3.05, 3.63) is 95.3 Å². The van der Waals surface area contributed by atoms with Crippen LogP contribution in [-0.4, -0.2) is 20.7 Å². The van der Waals surface area contributed by atoms with Crippen LogP contribution in [-0.2, 0) is 0 Å². The molecule has 0 fully saturated rings. The number of amides is 1. The van der Waals surface area contributed by atoms with Gasteiger partial charge in [0.2, 0.25) is 5.82 Å². The van der Waals surface area contributed by atoms with Crippen molar-refractivity contribution in [2.75, 3.05) is 5.32 Å². The Labute approximate surface area is 167 Å². The number of aromatic nitrogens is 3. The highest BCUT2D eigenvalue weighted by molar-refractivity contribution is 6.30. The Balaban J connectivity index is 1.80. The summed E-state index contributed by atoms with van der Waals surface area (Å²) in [6.07, 6.45) is 0. The van der Waals surface area contributed by atoms with Gasteiger partial charge < -0.3 is 5.32 Å². The maximum Gasteiger partial charge on any atom is 0.295 e. The molecule has 0 aliphatic rings. The van der Waals surface area contributed by atoms with Crippen molar-refractivity contribution < 1.29 is 4.79 Å². The number of nitrogens with zero attached hydrogens (tertiary/aromatic N) is 3. The first-order valence-electron chi connectivity index (χ1n) is 8.77. The van der Waals surface area contributed by atoms with Gasteiger partial charge in [-0.3, -0.25) is 4.79 Å². The minimum atomic E-state index is -0.373. The average molecular weight is 389 g/mol. The minimum Gasteiger partial charge on any atom is -0.319 e. The Morgan fingerprint density at radius 2 is 1.71 bits per heavy atom. The molecule has 1 amide bonds. The zero-order valence-corrected chi connectivity index (χ0v) is 15.9. The number of rotatable bonds is 4. The smallest absolute Gasteiger partial charge is 0.295 e. The number of benzene rings is 3. The number of halogens is 1. The highest BCUT2D eigenvalue weighted by Crippen LogP contribution is 2.25. The van der Waals surface area contributed by atoms with Crippen LogP contribution in [0, 0.1) is 6.92 Å². The molecule has 28 heavy (non-hydrogen) atoms. The van der Waals surface area contributed by atoms with Gasteiger partial charge in [-0.1, -0.05) is 60.1 Å². The fraction of sp³-hybridized carbons (Fsp3) is 0.0455. The van der Waals surface area contributed by atoms with Gasteiger partial charge in [-0.25, -0.2) is 9.67 Å². The summed E-state index contributed by atoms with van der Waals surface area (Å²) in [5.74, 6) is 0.263. The Kier molecular flexibility index (Phi) is 4.91. The summed E-state index contributed by atoms with van der Waals surface area (Å²) in [6, 6.07) is 24.4. The molecule has 3 aromatic carbocycles. The van der Waals surface area contributed by atoms with Gasteiger partial charge in [0.25, 0.3) is 5.91 Å². The number of nitrogens with one attached hydrogen (secondary N) is 1. The third kappa shape index (κ3) is 3.66. The van der Waals surface area contributed by atoms with Crippen LogP contribution in [0.2, 0.25) is 5.02 Å². The molecule has 0 bridgehead atoms. The van der Waals surface area contributed by atoms with Gasteiger partial charge >= 0.3 is 0 Å². The molecule has 0 saturated heterocycles. The predicted molar refractivity (Wildman–Crippen MR) is 111 cm³/mol. The fourth-order valence-electron chi connectivity index (χ4n) is 2.90. The number of aryl methyl sites for hydroxylation is 1. The predicted octanol–water partition coefficient (Wildman–Crippen LogP) is 5.15. The van der Waals surface area contributed by atoms with E-state index in [1.807, 2.05) is 73.7 Å². The van der Waals surface area contributed by atoms with Crippen molar-refractivity contribution >= 4 is 23.2 Å². The molecule has 1 heterocycles. The Morgan fingerprint density at radius 3 is 2.46 bits per heavy atom. The lowest BCUT2D eigenvalue weighted by molar-refractivity contribution is 0.101. The first-order chi connectivity index (χ1) is 13.6. The molecule has 0 radical (unpaired) electrons. The van der Waals surface area contributed by atoms with Crippen LogP contribution in [0.4, 0.5) is 5.69 Å². The zero-order chi connectivity index (χ0) is 19.5. The second-order valence-electron chi connectivity index (χ2n) is 6.29. The number of anilines is 1. The van der Waals surface area contributed by atoms with E-state index in [0.717, 1.165) is 16.8 Å². The van der Waals surface area contributed by atoms with E-state index < -0.39 is 0 Å². The van der Waals surface area contributed by atoms with Crippen LogP contribution in [0.5, 0.6) is 0 Å². The summed E-state index contributed by atoms with van der Waals surface area (Å²) in [6.45, 7) is 1.99. The van der Waals surface area contributed by atoms with Gasteiger partial charge in [-0.05, 0) is 42.8 Å². The SMILES string of the molecule is Cc1ccccc1-n1nc(C(=O)Nc2ccccc2)nc1-c1cccc(Cl)c1. The molecule has 4 aromatic rings. The van der Waals surface area contributed by atoms with Crippen LogP contribution >= 0.6 is 11.6 Å². The number of hydrogen-bond acceptors (Lipinski definition) is 3. The van der Waals surface area contributed by atoms with E-state index in [1.165, 1.54) is 0 Å².